The maximum Gasteiger partial charge on any atom is 0.232 e. The highest BCUT2D eigenvalue weighted by atomic mass is 32.2. The maximum absolute atomic E-state index is 11.7. The number of amides is 2. The van der Waals surface area contributed by atoms with Crippen molar-refractivity contribution in [1.82, 2.24) is 4.90 Å². The minimum Gasteiger partial charge on any atom is -0.369 e. The molecule has 0 heterocycles. The van der Waals surface area contributed by atoms with Gasteiger partial charge in [-0.25, -0.2) is 0 Å². The predicted octanol–water partition coefficient (Wildman–Crippen LogP) is 0.853. The summed E-state index contributed by atoms with van der Waals surface area (Å²) in [5.74, 6) is 0.985. The summed E-state index contributed by atoms with van der Waals surface area (Å²) in [7, 11) is 1.84. The zero-order valence-electron chi connectivity index (χ0n) is 9.78. The van der Waals surface area contributed by atoms with Crippen molar-refractivity contribution in [1.29, 1.82) is 0 Å². The van der Waals surface area contributed by atoms with Gasteiger partial charge >= 0.3 is 0 Å². The Morgan fingerprint density at radius 1 is 1.31 bits per heavy atom. The average Bonchev–Trinajstić information content (AvgIpc) is 2.69. The molecule has 0 unspecified atom stereocenters. The number of nitrogens with two attached hydrogens (primary N) is 1. The Bertz CT molecular complexity index is 252. The van der Waals surface area contributed by atoms with E-state index in [9.17, 15) is 9.59 Å². The van der Waals surface area contributed by atoms with Gasteiger partial charge in [0.2, 0.25) is 11.8 Å². The van der Waals surface area contributed by atoms with Gasteiger partial charge in [-0.3, -0.25) is 9.59 Å². The Balaban J connectivity index is 2.16. The van der Waals surface area contributed by atoms with Crippen molar-refractivity contribution in [2.45, 2.75) is 25.7 Å². The number of rotatable bonds is 6. The molecular formula is C11H20N2O2S. The van der Waals surface area contributed by atoms with Crippen LogP contribution in [0.5, 0.6) is 0 Å². The van der Waals surface area contributed by atoms with E-state index in [1.807, 2.05) is 7.05 Å². The van der Waals surface area contributed by atoms with Crippen molar-refractivity contribution in [2.24, 2.45) is 11.7 Å². The highest BCUT2D eigenvalue weighted by Gasteiger charge is 2.19. The molecule has 0 atom stereocenters. The van der Waals surface area contributed by atoms with Gasteiger partial charge in [-0.1, -0.05) is 12.8 Å². The molecule has 0 saturated heterocycles. The monoisotopic (exact) mass is 244 g/mol. The zero-order valence-corrected chi connectivity index (χ0v) is 10.6. The summed E-state index contributed by atoms with van der Waals surface area (Å²) >= 11 is 1.29. The molecule has 0 bridgehead atoms. The van der Waals surface area contributed by atoms with E-state index in [-0.39, 0.29) is 17.6 Å². The van der Waals surface area contributed by atoms with Gasteiger partial charge in [-0.05, 0) is 18.8 Å². The van der Waals surface area contributed by atoms with Crippen molar-refractivity contribution in [3.05, 3.63) is 0 Å². The molecule has 1 rings (SSSR count). The van der Waals surface area contributed by atoms with Crippen LogP contribution in [0.2, 0.25) is 0 Å². The van der Waals surface area contributed by atoms with Crippen LogP contribution in [0, 0.1) is 5.92 Å². The average molecular weight is 244 g/mol. The van der Waals surface area contributed by atoms with Crippen LogP contribution in [0.15, 0.2) is 0 Å². The summed E-state index contributed by atoms with van der Waals surface area (Å²) in [5, 5.41) is 0. The molecule has 1 saturated carbocycles. The fraction of sp³-hybridized carbons (Fsp3) is 0.818. The number of hydrogen-bond donors (Lipinski definition) is 1. The summed E-state index contributed by atoms with van der Waals surface area (Å²) < 4.78 is 0. The van der Waals surface area contributed by atoms with Gasteiger partial charge in [0.1, 0.15) is 0 Å². The Hall–Kier alpha value is -0.710. The normalized spacial score (nSPS) is 16.3. The van der Waals surface area contributed by atoms with Gasteiger partial charge < -0.3 is 10.6 Å². The lowest BCUT2D eigenvalue weighted by Crippen LogP contribution is -2.32. The van der Waals surface area contributed by atoms with Crippen LogP contribution in [0.4, 0.5) is 0 Å². The van der Waals surface area contributed by atoms with E-state index < -0.39 is 0 Å². The number of carbonyl (C=O) groups is 2. The predicted molar refractivity (Wildman–Crippen MR) is 66.1 cm³/mol. The van der Waals surface area contributed by atoms with Crippen LogP contribution < -0.4 is 5.73 Å². The lowest BCUT2D eigenvalue weighted by Gasteiger charge is -2.20. The minimum absolute atomic E-state index is 0.0955. The number of thioether (sulfide) groups is 1. The first kappa shape index (κ1) is 13.4. The van der Waals surface area contributed by atoms with Crippen LogP contribution in [0.25, 0.3) is 0 Å². The fourth-order valence-corrected chi connectivity index (χ4v) is 2.73. The summed E-state index contributed by atoms with van der Waals surface area (Å²) in [6.07, 6.45) is 5.07. The van der Waals surface area contributed by atoms with E-state index in [0.29, 0.717) is 11.7 Å². The largest absolute Gasteiger partial charge is 0.369 e. The third-order valence-corrected chi connectivity index (χ3v) is 3.84. The van der Waals surface area contributed by atoms with E-state index in [4.69, 9.17) is 5.73 Å². The van der Waals surface area contributed by atoms with Crippen molar-refractivity contribution in [3.8, 4) is 0 Å². The summed E-state index contributed by atoms with van der Waals surface area (Å²) in [6, 6.07) is 0. The molecule has 2 amide bonds. The summed E-state index contributed by atoms with van der Waals surface area (Å²) in [6.45, 7) is 0.857. The summed E-state index contributed by atoms with van der Waals surface area (Å²) in [5.41, 5.74) is 5.00. The van der Waals surface area contributed by atoms with E-state index in [0.717, 1.165) is 6.54 Å². The van der Waals surface area contributed by atoms with Crippen molar-refractivity contribution in [3.63, 3.8) is 0 Å². The Morgan fingerprint density at radius 2 is 1.94 bits per heavy atom. The zero-order chi connectivity index (χ0) is 12.0. The second kappa shape index (κ2) is 6.78. The van der Waals surface area contributed by atoms with Crippen LogP contribution >= 0.6 is 11.8 Å². The molecule has 2 N–H and O–H groups in total. The molecule has 16 heavy (non-hydrogen) atoms. The molecule has 4 nitrogen and oxygen atoms in total. The van der Waals surface area contributed by atoms with Crippen LogP contribution in [0.3, 0.4) is 0 Å². The first-order valence-corrected chi connectivity index (χ1v) is 6.85. The molecule has 0 radical (unpaired) electrons. The Morgan fingerprint density at radius 3 is 2.50 bits per heavy atom. The van der Waals surface area contributed by atoms with Crippen LogP contribution in [0.1, 0.15) is 25.7 Å². The smallest absolute Gasteiger partial charge is 0.232 e. The number of carbonyl (C=O) groups excluding carboxylic acids is 2. The van der Waals surface area contributed by atoms with E-state index >= 15 is 0 Å². The van der Waals surface area contributed by atoms with Crippen molar-refractivity contribution >= 4 is 23.6 Å². The van der Waals surface area contributed by atoms with Gasteiger partial charge in [0.15, 0.2) is 0 Å². The van der Waals surface area contributed by atoms with E-state index in [2.05, 4.69) is 0 Å². The molecule has 1 aliphatic carbocycles. The molecule has 5 heteroatoms. The molecule has 0 aromatic carbocycles. The standard InChI is InChI=1S/C11H20N2O2S/c1-13(6-9-4-2-3-5-9)11(15)8-16-7-10(12)14/h9H,2-8H2,1H3,(H2,12,14). The molecule has 0 aromatic heterocycles. The first-order valence-electron chi connectivity index (χ1n) is 5.69. The lowest BCUT2D eigenvalue weighted by atomic mass is 10.1. The molecular weight excluding hydrogens is 224 g/mol. The highest BCUT2D eigenvalue weighted by molar-refractivity contribution is 8.00. The Labute approximate surface area is 101 Å². The molecule has 0 spiro atoms. The molecule has 1 aliphatic rings. The third-order valence-electron chi connectivity index (χ3n) is 2.90. The van der Waals surface area contributed by atoms with Crippen LogP contribution in [-0.4, -0.2) is 41.8 Å². The fourth-order valence-electron chi connectivity index (χ4n) is 2.03. The maximum atomic E-state index is 11.7. The molecule has 92 valence electrons. The highest BCUT2D eigenvalue weighted by Crippen LogP contribution is 2.25. The quantitative estimate of drug-likeness (QED) is 0.753. The molecule has 1 fully saturated rings. The SMILES string of the molecule is CN(CC1CCCC1)C(=O)CSCC(N)=O. The van der Waals surface area contributed by atoms with Crippen LogP contribution in [-0.2, 0) is 9.59 Å². The molecule has 0 aliphatic heterocycles. The van der Waals surface area contributed by atoms with Gasteiger partial charge in [0, 0.05) is 13.6 Å². The topological polar surface area (TPSA) is 63.4 Å². The Kier molecular flexibility index (Phi) is 5.66. The van der Waals surface area contributed by atoms with Crippen molar-refractivity contribution < 1.29 is 9.59 Å². The second-order valence-electron chi connectivity index (χ2n) is 4.38. The van der Waals surface area contributed by atoms with Crippen molar-refractivity contribution in [2.75, 3.05) is 25.1 Å². The van der Waals surface area contributed by atoms with Gasteiger partial charge in [-0.2, -0.15) is 0 Å². The van der Waals surface area contributed by atoms with E-state index in [1.54, 1.807) is 4.90 Å². The van der Waals surface area contributed by atoms with Gasteiger partial charge in [0.05, 0.1) is 11.5 Å². The first-order chi connectivity index (χ1) is 7.59. The summed E-state index contributed by atoms with van der Waals surface area (Å²) in [4.78, 5) is 24.0. The van der Waals surface area contributed by atoms with Gasteiger partial charge in [-0.15, -0.1) is 11.8 Å². The minimum atomic E-state index is -0.365. The second-order valence-corrected chi connectivity index (χ2v) is 5.37. The van der Waals surface area contributed by atoms with E-state index in [1.165, 1.54) is 37.4 Å². The number of nitrogens with zero attached hydrogens (tertiary/aromatic N) is 1. The lowest BCUT2D eigenvalue weighted by molar-refractivity contribution is -0.127. The number of primary amides is 1. The van der Waals surface area contributed by atoms with Gasteiger partial charge in [0.25, 0.3) is 0 Å². The number of hydrogen-bond acceptors (Lipinski definition) is 3. The third kappa shape index (κ3) is 4.88. The molecule has 0 aromatic rings.